The number of aliphatic hydroxyl groups is 1. The Labute approximate surface area is 162 Å². The standard InChI is InChI=1S/C24H28N2O/c1-26(18-17-25-23-14-12-20(13-15-23)16-19-27)24(21-8-4-2-5-9-21)22-10-6-3-7-11-22/h2-15,24-25,27H,16-19H2,1H3. The van der Waals surface area contributed by atoms with Gasteiger partial charge in [-0.25, -0.2) is 0 Å². The summed E-state index contributed by atoms with van der Waals surface area (Å²) in [5.41, 5.74) is 4.88. The molecule has 0 saturated carbocycles. The molecule has 0 spiro atoms. The number of benzene rings is 3. The van der Waals surface area contributed by atoms with Crippen LogP contribution in [0.5, 0.6) is 0 Å². The second kappa shape index (κ2) is 9.91. The monoisotopic (exact) mass is 360 g/mol. The Balaban J connectivity index is 1.63. The maximum atomic E-state index is 9.01. The molecular weight excluding hydrogens is 332 g/mol. The minimum Gasteiger partial charge on any atom is -0.396 e. The molecule has 0 atom stereocenters. The molecule has 0 fully saturated rings. The van der Waals surface area contributed by atoms with Gasteiger partial charge in [0.2, 0.25) is 0 Å². The van der Waals surface area contributed by atoms with Crippen LogP contribution in [0, 0.1) is 0 Å². The summed E-state index contributed by atoms with van der Waals surface area (Å²) in [5.74, 6) is 0. The third-order valence-corrected chi connectivity index (χ3v) is 4.82. The number of likely N-dealkylation sites (N-methyl/N-ethyl adjacent to an activating group) is 1. The first-order chi connectivity index (χ1) is 13.3. The quantitative estimate of drug-likeness (QED) is 0.595. The molecule has 3 aromatic carbocycles. The summed E-state index contributed by atoms with van der Waals surface area (Å²) in [5, 5.41) is 12.5. The van der Waals surface area contributed by atoms with Crippen molar-refractivity contribution in [3.8, 4) is 0 Å². The van der Waals surface area contributed by atoms with E-state index in [4.69, 9.17) is 5.11 Å². The van der Waals surface area contributed by atoms with Crippen LogP contribution < -0.4 is 5.32 Å². The Morgan fingerprint density at radius 1 is 0.815 bits per heavy atom. The van der Waals surface area contributed by atoms with Crippen LogP contribution >= 0.6 is 0 Å². The van der Waals surface area contributed by atoms with Gasteiger partial charge in [0.25, 0.3) is 0 Å². The van der Waals surface area contributed by atoms with Crippen molar-refractivity contribution in [2.24, 2.45) is 0 Å². The smallest absolute Gasteiger partial charge is 0.0599 e. The molecule has 0 radical (unpaired) electrons. The second-order valence-electron chi connectivity index (χ2n) is 6.80. The predicted octanol–water partition coefficient (Wildman–Crippen LogP) is 4.35. The van der Waals surface area contributed by atoms with E-state index in [2.05, 4.69) is 102 Å². The summed E-state index contributed by atoms with van der Waals surface area (Å²) < 4.78 is 0. The Morgan fingerprint density at radius 3 is 1.89 bits per heavy atom. The van der Waals surface area contributed by atoms with Crippen LogP contribution in [0.15, 0.2) is 84.9 Å². The van der Waals surface area contributed by atoms with Crippen molar-refractivity contribution in [3.63, 3.8) is 0 Å². The van der Waals surface area contributed by atoms with E-state index < -0.39 is 0 Å². The summed E-state index contributed by atoms with van der Waals surface area (Å²) in [4.78, 5) is 2.39. The molecule has 0 aliphatic rings. The first-order valence-corrected chi connectivity index (χ1v) is 9.52. The van der Waals surface area contributed by atoms with Crippen LogP contribution in [0.2, 0.25) is 0 Å². The summed E-state index contributed by atoms with van der Waals surface area (Å²) in [6.45, 7) is 1.98. The number of rotatable bonds is 9. The van der Waals surface area contributed by atoms with E-state index in [1.165, 1.54) is 11.1 Å². The second-order valence-corrected chi connectivity index (χ2v) is 6.80. The largest absolute Gasteiger partial charge is 0.396 e. The lowest BCUT2D eigenvalue weighted by atomic mass is 9.97. The molecule has 0 amide bonds. The van der Waals surface area contributed by atoms with E-state index in [1.54, 1.807) is 0 Å². The van der Waals surface area contributed by atoms with Gasteiger partial charge in [0.15, 0.2) is 0 Å². The van der Waals surface area contributed by atoms with Crippen LogP contribution in [0.3, 0.4) is 0 Å². The van der Waals surface area contributed by atoms with Gasteiger partial charge in [-0.15, -0.1) is 0 Å². The molecule has 0 unspecified atom stereocenters. The van der Waals surface area contributed by atoms with E-state index >= 15 is 0 Å². The summed E-state index contributed by atoms with van der Waals surface area (Å²) in [6, 6.07) is 29.9. The summed E-state index contributed by atoms with van der Waals surface area (Å²) >= 11 is 0. The van der Waals surface area contributed by atoms with Gasteiger partial charge < -0.3 is 10.4 Å². The Kier molecular flexibility index (Phi) is 7.03. The Hall–Kier alpha value is -2.62. The van der Waals surface area contributed by atoms with Crippen molar-refractivity contribution in [2.45, 2.75) is 12.5 Å². The minimum atomic E-state index is 0.192. The van der Waals surface area contributed by atoms with Crippen molar-refractivity contribution >= 4 is 5.69 Å². The topological polar surface area (TPSA) is 35.5 Å². The summed E-state index contributed by atoms with van der Waals surface area (Å²) in [7, 11) is 2.18. The highest BCUT2D eigenvalue weighted by atomic mass is 16.2. The third kappa shape index (κ3) is 5.43. The fourth-order valence-electron chi connectivity index (χ4n) is 3.40. The van der Waals surface area contributed by atoms with Gasteiger partial charge in [0.05, 0.1) is 6.04 Å². The van der Waals surface area contributed by atoms with Crippen molar-refractivity contribution in [3.05, 3.63) is 102 Å². The average Bonchev–Trinajstić information content (AvgIpc) is 2.71. The molecule has 3 aromatic rings. The van der Waals surface area contributed by atoms with Crippen LogP contribution in [0.1, 0.15) is 22.7 Å². The fourth-order valence-corrected chi connectivity index (χ4v) is 3.40. The molecule has 3 nitrogen and oxygen atoms in total. The normalized spacial score (nSPS) is 11.1. The molecule has 0 bridgehead atoms. The number of nitrogens with one attached hydrogen (secondary N) is 1. The SMILES string of the molecule is CN(CCNc1ccc(CCO)cc1)C(c1ccccc1)c1ccccc1. The molecule has 3 rings (SSSR count). The zero-order chi connectivity index (χ0) is 18.9. The highest BCUT2D eigenvalue weighted by Crippen LogP contribution is 2.27. The highest BCUT2D eigenvalue weighted by Gasteiger charge is 2.18. The van der Waals surface area contributed by atoms with E-state index in [-0.39, 0.29) is 12.6 Å². The van der Waals surface area contributed by atoms with E-state index in [0.717, 1.165) is 24.3 Å². The lowest BCUT2D eigenvalue weighted by Crippen LogP contribution is -2.30. The molecule has 0 saturated heterocycles. The van der Waals surface area contributed by atoms with Crippen molar-refractivity contribution in [1.29, 1.82) is 0 Å². The van der Waals surface area contributed by atoms with E-state index in [1.807, 2.05) is 0 Å². The van der Waals surface area contributed by atoms with Crippen LogP contribution in [0.4, 0.5) is 5.69 Å². The van der Waals surface area contributed by atoms with Gasteiger partial charge in [-0.05, 0) is 42.3 Å². The minimum absolute atomic E-state index is 0.192. The lowest BCUT2D eigenvalue weighted by Gasteiger charge is -2.29. The molecule has 27 heavy (non-hydrogen) atoms. The van der Waals surface area contributed by atoms with Gasteiger partial charge in [0, 0.05) is 25.4 Å². The first-order valence-electron chi connectivity index (χ1n) is 9.52. The van der Waals surface area contributed by atoms with Crippen molar-refractivity contribution in [2.75, 3.05) is 32.1 Å². The fraction of sp³-hybridized carbons (Fsp3) is 0.250. The average molecular weight is 361 g/mol. The number of aliphatic hydroxyl groups excluding tert-OH is 1. The van der Waals surface area contributed by atoms with Gasteiger partial charge in [0.1, 0.15) is 0 Å². The van der Waals surface area contributed by atoms with Gasteiger partial charge >= 0.3 is 0 Å². The van der Waals surface area contributed by atoms with Gasteiger partial charge in [-0.2, -0.15) is 0 Å². The Bertz CT molecular complexity index is 748. The number of nitrogens with zero attached hydrogens (tertiary/aromatic N) is 1. The number of anilines is 1. The first kappa shape index (κ1) is 19.2. The molecule has 3 heteroatoms. The molecule has 2 N–H and O–H groups in total. The van der Waals surface area contributed by atoms with Gasteiger partial charge in [-0.3, -0.25) is 4.90 Å². The molecule has 0 aromatic heterocycles. The van der Waals surface area contributed by atoms with E-state index in [9.17, 15) is 0 Å². The third-order valence-electron chi connectivity index (χ3n) is 4.82. The maximum absolute atomic E-state index is 9.01. The zero-order valence-corrected chi connectivity index (χ0v) is 15.9. The molecule has 0 aliphatic heterocycles. The maximum Gasteiger partial charge on any atom is 0.0599 e. The lowest BCUT2D eigenvalue weighted by molar-refractivity contribution is 0.289. The molecule has 0 heterocycles. The molecular formula is C24H28N2O. The van der Waals surface area contributed by atoms with Crippen LogP contribution in [-0.2, 0) is 6.42 Å². The zero-order valence-electron chi connectivity index (χ0n) is 15.9. The van der Waals surface area contributed by atoms with Crippen LogP contribution in [0.25, 0.3) is 0 Å². The van der Waals surface area contributed by atoms with E-state index in [0.29, 0.717) is 6.42 Å². The number of hydrogen-bond acceptors (Lipinski definition) is 3. The van der Waals surface area contributed by atoms with Crippen LogP contribution in [-0.4, -0.2) is 36.8 Å². The van der Waals surface area contributed by atoms with Gasteiger partial charge in [-0.1, -0.05) is 72.8 Å². The Morgan fingerprint density at radius 2 is 1.37 bits per heavy atom. The predicted molar refractivity (Wildman–Crippen MR) is 113 cm³/mol. The summed E-state index contributed by atoms with van der Waals surface area (Å²) in [6.07, 6.45) is 0.707. The molecule has 0 aliphatic carbocycles. The molecule has 140 valence electrons. The highest BCUT2D eigenvalue weighted by molar-refractivity contribution is 5.44. The number of hydrogen-bond donors (Lipinski definition) is 2. The van der Waals surface area contributed by atoms with Crippen molar-refractivity contribution in [1.82, 2.24) is 4.90 Å². The van der Waals surface area contributed by atoms with Crippen molar-refractivity contribution < 1.29 is 5.11 Å².